The van der Waals surface area contributed by atoms with Gasteiger partial charge in [0.25, 0.3) is 0 Å². The Morgan fingerprint density at radius 2 is 2.18 bits per heavy atom. The van der Waals surface area contributed by atoms with Crippen LogP contribution in [0.5, 0.6) is 0 Å². The highest BCUT2D eigenvalue weighted by Crippen LogP contribution is 2.27. The highest BCUT2D eigenvalue weighted by molar-refractivity contribution is 7.09. The summed E-state index contributed by atoms with van der Waals surface area (Å²) in [7, 11) is 0. The Morgan fingerprint density at radius 1 is 1.35 bits per heavy atom. The normalized spacial score (nSPS) is 12.6. The van der Waals surface area contributed by atoms with Crippen LogP contribution >= 0.6 is 34.5 Å². The zero-order valence-corrected chi connectivity index (χ0v) is 11.2. The number of nitrogens with two attached hydrogens (primary N) is 1. The third-order valence-electron chi connectivity index (χ3n) is 2.41. The number of rotatable bonds is 4. The third-order valence-corrected chi connectivity index (χ3v) is 3.95. The van der Waals surface area contributed by atoms with Crippen LogP contribution in [0.1, 0.15) is 16.6 Å². The molecule has 6 heteroatoms. The minimum Gasteiger partial charge on any atom is -0.271 e. The summed E-state index contributed by atoms with van der Waals surface area (Å²) in [6.45, 7) is 0. The highest BCUT2D eigenvalue weighted by Gasteiger charge is 2.13. The lowest BCUT2D eigenvalue weighted by molar-refractivity contribution is 0.551. The lowest BCUT2D eigenvalue weighted by Crippen LogP contribution is -2.29. The molecule has 0 aliphatic rings. The molecule has 0 amide bonds. The maximum absolute atomic E-state index is 5.98. The molecule has 90 valence electrons. The van der Waals surface area contributed by atoms with Crippen molar-refractivity contribution in [3.8, 4) is 0 Å². The Bertz CT molecular complexity index is 487. The molecule has 0 saturated heterocycles. The summed E-state index contributed by atoms with van der Waals surface area (Å²) >= 11 is 13.5. The molecule has 0 fully saturated rings. The van der Waals surface area contributed by atoms with E-state index >= 15 is 0 Å². The van der Waals surface area contributed by atoms with E-state index in [1.54, 1.807) is 23.6 Å². The number of hydrogen-bond donors (Lipinski definition) is 2. The number of benzene rings is 1. The van der Waals surface area contributed by atoms with E-state index in [4.69, 9.17) is 29.0 Å². The van der Waals surface area contributed by atoms with Crippen molar-refractivity contribution < 1.29 is 0 Å². The van der Waals surface area contributed by atoms with E-state index in [0.29, 0.717) is 10.0 Å². The van der Waals surface area contributed by atoms with Crippen molar-refractivity contribution in [2.24, 2.45) is 5.84 Å². The monoisotopic (exact) mass is 287 g/mol. The molecule has 2 rings (SSSR count). The Kier molecular flexibility index (Phi) is 4.36. The molecule has 1 unspecified atom stereocenters. The summed E-state index contributed by atoms with van der Waals surface area (Å²) in [5.74, 6) is 5.56. The van der Waals surface area contributed by atoms with Gasteiger partial charge in [-0.15, -0.1) is 11.3 Å². The topological polar surface area (TPSA) is 50.9 Å². The number of aromatic nitrogens is 1. The number of hydrogen-bond acceptors (Lipinski definition) is 4. The molecule has 0 bridgehead atoms. The molecule has 0 spiro atoms. The van der Waals surface area contributed by atoms with Gasteiger partial charge in [0.05, 0.1) is 21.1 Å². The van der Waals surface area contributed by atoms with Gasteiger partial charge < -0.3 is 0 Å². The number of nitrogens with zero attached hydrogens (tertiary/aromatic N) is 1. The Labute approximate surface area is 114 Å². The average molecular weight is 288 g/mol. The van der Waals surface area contributed by atoms with Crippen LogP contribution in [0.3, 0.4) is 0 Å². The molecule has 1 atom stereocenters. The van der Waals surface area contributed by atoms with Crippen LogP contribution in [0, 0.1) is 0 Å². The number of thiazole rings is 1. The molecule has 0 aliphatic carbocycles. The standard InChI is InChI=1S/C11H11Cl2N3S/c12-8-2-1-7(5-9(8)13)10(16-14)6-11-15-3-4-17-11/h1-5,10,16H,6,14H2. The molecular weight excluding hydrogens is 277 g/mol. The zero-order chi connectivity index (χ0) is 12.3. The minimum absolute atomic E-state index is 0.0177. The summed E-state index contributed by atoms with van der Waals surface area (Å²) in [4.78, 5) is 4.23. The molecular formula is C11H11Cl2N3S. The first-order valence-electron chi connectivity index (χ1n) is 5.00. The van der Waals surface area contributed by atoms with Crippen LogP contribution in [0.15, 0.2) is 29.8 Å². The van der Waals surface area contributed by atoms with Gasteiger partial charge >= 0.3 is 0 Å². The van der Waals surface area contributed by atoms with Crippen molar-refractivity contribution >= 4 is 34.5 Å². The third kappa shape index (κ3) is 3.18. The first-order chi connectivity index (χ1) is 8.20. The van der Waals surface area contributed by atoms with Crippen molar-refractivity contribution in [2.45, 2.75) is 12.5 Å². The predicted molar refractivity (Wildman–Crippen MR) is 72.3 cm³/mol. The molecule has 17 heavy (non-hydrogen) atoms. The van der Waals surface area contributed by atoms with Gasteiger partial charge in [-0.25, -0.2) is 4.98 Å². The molecule has 0 radical (unpaired) electrons. The first-order valence-corrected chi connectivity index (χ1v) is 6.63. The van der Waals surface area contributed by atoms with Crippen LogP contribution in [0.2, 0.25) is 10.0 Å². The Hall–Kier alpha value is -0.650. The second kappa shape index (κ2) is 5.80. The van der Waals surface area contributed by atoms with Crippen LogP contribution in [-0.4, -0.2) is 4.98 Å². The van der Waals surface area contributed by atoms with Crippen molar-refractivity contribution in [2.75, 3.05) is 0 Å². The fourth-order valence-corrected chi connectivity index (χ4v) is 2.50. The van der Waals surface area contributed by atoms with Gasteiger partial charge in [-0.1, -0.05) is 29.3 Å². The van der Waals surface area contributed by atoms with E-state index in [2.05, 4.69) is 10.4 Å². The van der Waals surface area contributed by atoms with Gasteiger partial charge in [0.2, 0.25) is 0 Å². The van der Waals surface area contributed by atoms with E-state index in [0.717, 1.165) is 17.0 Å². The van der Waals surface area contributed by atoms with E-state index < -0.39 is 0 Å². The van der Waals surface area contributed by atoms with Gasteiger partial charge in [0.1, 0.15) is 0 Å². The van der Waals surface area contributed by atoms with E-state index in [-0.39, 0.29) is 6.04 Å². The van der Waals surface area contributed by atoms with Gasteiger partial charge in [-0.2, -0.15) is 0 Å². The molecule has 2 aromatic rings. The fourth-order valence-electron chi connectivity index (χ4n) is 1.53. The average Bonchev–Trinajstić information content (AvgIpc) is 2.82. The van der Waals surface area contributed by atoms with E-state index in [1.807, 2.05) is 17.5 Å². The SMILES string of the molecule is NNC(Cc1nccs1)c1ccc(Cl)c(Cl)c1. The summed E-state index contributed by atoms with van der Waals surface area (Å²) in [5, 5.41) is 4.04. The van der Waals surface area contributed by atoms with Crippen molar-refractivity contribution in [3.05, 3.63) is 50.4 Å². The lowest BCUT2D eigenvalue weighted by Gasteiger charge is -2.15. The summed E-state index contributed by atoms with van der Waals surface area (Å²) in [6, 6.07) is 5.48. The molecule has 3 nitrogen and oxygen atoms in total. The van der Waals surface area contributed by atoms with Crippen LogP contribution < -0.4 is 11.3 Å². The molecule has 0 aliphatic heterocycles. The maximum atomic E-state index is 5.98. The number of halogens is 2. The van der Waals surface area contributed by atoms with Gasteiger partial charge in [-0.3, -0.25) is 11.3 Å². The lowest BCUT2D eigenvalue weighted by atomic mass is 10.1. The van der Waals surface area contributed by atoms with Crippen LogP contribution in [-0.2, 0) is 6.42 Å². The van der Waals surface area contributed by atoms with Gasteiger partial charge in [-0.05, 0) is 17.7 Å². The van der Waals surface area contributed by atoms with Gasteiger partial charge in [0, 0.05) is 18.0 Å². The zero-order valence-electron chi connectivity index (χ0n) is 8.86. The first kappa shape index (κ1) is 12.8. The fraction of sp³-hybridized carbons (Fsp3) is 0.182. The second-order valence-corrected chi connectivity index (χ2v) is 5.32. The predicted octanol–water partition coefficient (Wildman–Crippen LogP) is 3.20. The van der Waals surface area contributed by atoms with Crippen LogP contribution in [0.25, 0.3) is 0 Å². The smallest absolute Gasteiger partial charge is 0.0944 e. The summed E-state index contributed by atoms with van der Waals surface area (Å²) in [5.41, 5.74) is 3.77. The number of hydrazine groups is 1. The number of nitrogens with one attached hydrogen (secondary N) is 1. The summed E-state index contributed by atoms with van der Waals surface area (Å²) < 4.78 is 0. The Balaban J connectivity index is 2.20. The molecule has 1 heterocycles. The second-order valence-electron chi connectivity index (χ2n) is 3.52. The molecule has 1 aromatic heterocycles. The minimum atomic E-state index is -0.0177. The highest BCUT2D eigenvalue weighted by atomic mass is 35.5. The van der Waals surface area contributed by atoms with Crippen molar-refractivity contribution in [3.63, 3.8) is 0 Å². The van der Waals surface area contributed by atoms with E-state index in [1.165, 1.54) is 0 Å². The molecule has 1 aromatic carbocycles. The Morgan fingerprint density at radius 3 is 2.76 bits per heavy atom. The van der Waals surface area contributed by atoms with Crippen LogP contribution in [0.4, 0.5) is 0 Å². The van der Waals surface area contributed by atoms with Crippen molar-refractivity contribution in [1.82, 2.24) is 10.4 Å². The van der Waals surface area contributed by atoms with Crippen molar-refractivity contribution in [1.29, 1.82) is 0 Å². The molecule has 0 saturated carbocycles. The maximum Gasteiger partial charge on any atom is 0.0944 e. The van der Waals surface area contributed by atoms with E-state index in [9.17, 15) is 0 Å². The van der Waals surface area contributed by atoms with Gasteiger partial charge in [0.15, 0.2) is 0 Å². The largest absolute Gasteiger partial charge is 0.271 e. The summed E-state index contributed by atoms with van der Waals surface area (Å²) in [6.07, 6.45) is 2.51. The molecule has 3 N–H and O–H groups in total. The quantitative estimate of drug-likeness (QED) is 0.671.